The smallest absolute Gasteiger partial charge is 0.486 e. The zero-order valence-corrected chi connectivity index (χ0v) is 23.5. The average molecular weight is 646 g/mol. The van der Waals surface area contributed by atoms with E-state index in [2.05, 4.69) is 4.74 Å². The first-order valence-electron chi connectivity index (χ1n) is 13.3. The molecule has 0 aliphatic carbocycles. The standard InChI is InChI=1S/C29H25F6NO7S/c30-28(31,32)20-4-2-6-23(15-20)44(39,40)36-17-22(16-27(26(37)38)9-11-41-12-10-27)42-25-8-7-19(14-24(25)36)18-3-1-5-21(13-18)43-29(33,34)35/h1-8,13-15,22H,9-12,16-17H2,(H,37,38). The van der Waals surface area contributed by atoms with Crippen LogP contribution in [0.1, 0.15) is 24.8 Å². The van der Waals surface area contributed by atoms with Gasteiger partial charge < -0.3 is 19.3 Å². The van der Waals surface area contributed by atoms with Crippen LogP contribution < -0.4 is 13.8 Å². The van der Waals surface area contributed by atoms with Gasteiger partial charge in [0.25, 0.3) is 10.0 Å². The maximum atomic E-state index is 14.0. The molecule has 1 N–H and O–H groups in total. The third-order valence-corrected chi connectivity index (χ3v) is 9.34. The molecule has 2 heterocycles. The van der Waals surface area contributed by atoms with Crippen LogP contribution in [0.5, 0.6) is 11.5 Å². The zero-order chi connectivity index (χ0) is 31.9. The second-order valence-electron chi connectivity index (χ2n) is 10.5. The number of carbonyl (C=O) groups is 1. The minimum Gasteiger partial charge on any atom is -0.486 e. The molecule has 0 aromatic heterocycles. The Morgan fingerprint density at radius 2 is 1.64 bits per heavy atom. The number of alkyl halides is 6. The van der Waals surface area contributed by atoms with Gasteiger partial charge in [0.1, 0.15) is 17.6 Å². The molecule has 3 aromatic carbocycles. The first-order valence-corrected chi connectivity index (χ1v) is 14.7. The summed E-state index contributed by atoms with van der Waals surface area (Å²) >= 11 is 0. The van der Waals surface area contributed by atoms with Crippen LogP contribution in [0.25, 0.3) is 11.1 Å². The Morgan fingerprint density at radius 3 is 2.30 bits per heavy atom. The van der Waals surface area contributed by atoms with Crippen molar-refractivity contribution in [2.75, 3.05) is 24.1 Å². The molecule has 2 aliphatic rings. The minimum absolute atomic E-state index is 0.00385. The first kappa shape index (κ1) is 31.4. The van der Waals surface area contributed by atoms with Gasteiger partial charge in [0, 0.05) is 19.6 Å². The first-order chi connectivity index (χ1) is 20.6. The number of rotatable bonds is 7. The largest absolute Gasteiger partial charge is 0.573 e. The van der Waals surface area contributed by atoms with E-state index in [1.165, 1.54) is 30.3 Å². The SMILES string of the molecule is O=C(O)C1(CC2CN(S(=O)(=O)c3cccc(C(F)(F)F)c3)c3cc(-c4cccc(OC(F)(F)F)c4)ccc3O2)CCOCC1. The molecule has 0 radical (unpaired) electrons. The van der Waals surface area contributed by atoms with Crippen molar-refractivity contribution in [1.82, 2.24) is 0 Å². The molecule has 0 amide bonds. The molecule has 44 heavy (non-hydrogen) atoms. The van der Waals surface area contributed by atoms with E-state index in [1.807, 2.05) is 0 Å². The van der Waals surface area contributed by atoms with E-state index < -0.39 is 62.8 Å². The highest BCUT2D eigenvalue weighted by molar-refractivity contribution is 7.92. The number of aliphatic carboxylic acids is 1. The molecule has 5 rings (SSSR count). The van der Waals surface area contributed by atoms with E-state index in [0.717, 1.165) is 34.6 Å². The number of carboxylic acids is 1. The average Bonchev–Trinajstić information content (AvgIpc) is 2.96. The van der Waals surface area contributed by atoms with Gasteiger partial charge in [-0.15, -0.1) is 13.2 Å². The number of ether oxygens (including phenoxy) is 3. The summed E-state index contributed by atoms with van der Waals surface area (Å²) < 4.78 is 123. The molecule has 0 spiro atoms. The van der Waals surface area contributed by atoms with Crippen LogP contribution in [-0.2, 0) is 25.7 Å². The summed E-state index contributed by atoms with van der Waals surface area (Å²) in [5.41, 5.74) is -2.08. The summed E-state index contributed by atoms with van der Waals surface area (Å²) in [7, 11) is -4.70. The van der Waals surface area contributed by atoms with Crippen molar-refractivity contribution in [3.05, 3.63) is 72.3 Å². The summed E-state index contributed by atoms with van der Waals surface area (Å²) in [5, 5.41) is 10.1. The summed E-state index contributed by atoms with van der Waals surface area (Å²) in [6, 6.07) is 12.3. The summed E-state index contributed by atoms with van der Waals surface area (Å²) in [6.07, 6.45) is -10.6. The van der Waals surface area contributed by atoms with Crippen molar-refractivity contribution in [2.45, 2.75) is 42.8 Å². The highest BCUT2D eigenvalue weighted by Crippen LogP contribution is 2.44. The van der Waals surface area contributed by atoms with Crippen LogP contribution in [0.15, 0.2) is 71.6 Å². The van der Waals surface area contributed by atoms with Gasteiger partial charge in [-0.3, -0.25) is 9.10 Å². The third kappa shape index (κ3) is 6.58. The number of nitrogens with zero attached hydrogens (tertiary/aromatic N) is 1. The second kappa shape index (κ2) is 11.5. The Bertz CT molecular complexity index is 1650. The Hall–Kier alpha value is -3.98. The molecule has 1 atom stereocenters. The number of hydrogen-bond donors (Lipinski definition) is 1. The van der Waals surface area contributed by atoms with Crippen molar-refractivity contribution in [1.29, 1.82) is 0 Å². The van der Waals surface area contributed by atoms with Crippen LogP contribution in [0.4, 0.5) is 32.0 Å². The number of benzene rings is 3. The predicted octanol–water partition coefficient (Wildman–Crippen LogP) is 6.50. The van der Waals surface area contributed by atoms with E-state index in [-0.39, 0.29) is 55.0 Å². The lowest BCUT2D eigenvalue weighted by molar-refractivity contribution is -0.274. The fraction of sp³-hybridized carbons (Fsp3) is 0.345. The lowest BCUT2D eigenvalue weighted by Crippen LogP contribution is -2.48. The molecule has 1 saturated heterocycles. The van der Waals surface area contributed by atoms with Crippen molar-refractivity contribution in [2.24, 2.45) is 5.41 Å². The van der Waals surface area contributed by atoms with E-state index in [1.54, 1.807) is 0 Å². The van der Waals surface area contributed by atoms with Crippen molar-refractivity contribution in [3.8, 4) is 22.6 Å². The highest BCUT2D eigenvalue weighted by Gasteiger charge is 2.45. The molecule has 236 valence electrons. The monoisotopic (exact) mass is 645 g/mol. The van der Waals surface area contributed by atoms with Crippen LogP contribution >= 0.6 is 0 Å². The predicted molar refractivity (Wildman–Crippen MR) is 144 cm³/mol. The van der Waals surface area contributed by atoms with E-state index in [0.29, 0.717) is 6.07 Å². The number of fused-ring (bicyclic) bond motifs is 1. The molecule has 0 bridgehead atoms. The lowest BCUT2D eigenvalue weighted by atomic mass is 9.75. The van der Waals surface area contributed by atoms with Crippen molar-refractivity contribution in [3.63, 3.8) is 0 Å². The Morgan fingerprint density at radius 1 is 0.955 bits per heavy atom. The Balaban J connectivity index is 1.58. The number of anilines is 1. The van der Waals surface area contributed by atoms with Gasteiger partial charge in [-0.2, -0.15) is 13.2 Å². The molecule has 0 saturated carbocycles. The molecule has 1 fully saturated rings. The van der Waals surface area contributed by atoms with Gasteiger partial charge >= 0.3 is 18.5 Å². The fourth-order valence-corrected chi connectivity index (χ4v) is 6.91. The van der Waals surface area contributed by atoms with E-state index in [9.17, 15) is 44.7 Å². The number of sulfonamides is 1. The topological polar surface area (TPSA) is 102 Å². The summed E-state index contributed by atoms with van der Waals surface area (Å²) in [4.78, 5) is 11.6. The number of carboxylic acid groups (broad SMARTS) is 1. The normalized spacial score (nSPS) is 18.7. The van der Waals surface area contributed by atoms with Gasteiger partial charge in [-0.1, -0.05) is 24.3 Å². The van der Waals surface area contributed by atoms with Gasteiger partial charge in [-0.25, -0.2) is 8.42 Å². The van der Waals surface area contributed by atoms with Crippen LogP contribution in [0.2, 0.25) is 0 Å². The van der Waals surface area contributed by atoms with Gasteiger partial charge in [0.2, 0.25) is 0 Å². The maximum Gasteiger partial charge on any atom is 0.573 e. The van der Waals surface area contributed by atoms with E-state index >= 15 is 0 Å². The molecule has 3 aromatic rings. The minimum atomic E-state index is -4.95. The highest BCUT2D eigenvalue weighted by atomic mass is 32.2. The molecule has 8 nitrogen and oxygen atoms in total. The van der Waals surface area contributed by atoms with Crippen LogP contribution in [-0.4, -0.2) is 51.7 Å². The Kier molecular flexibility index (Phi) is 8.22. The Labute approximate surface area is 247 Å². The third-order valence-electron chi connectivity index (χ3n) is 7.56. The fourth-order valence-electron chi connectivity index (χ4n) is 5.36. The molecule has 2 aliphatic heterocycles. The van der Waals surface area contributed by atoms with Crippen molar-refractivity contribution >= 4 is 21.7 Å². The lowest BCUT2D eigenvalue weighted by Gasteiger charge is -2.40. The molecular weight excluding hydrogens is 620 g/mol. The quantitative estimate of drug-likeness (QED) is 0.293. The molecule has 15 heteroatoms. The maximum absolute atomic E-state index is 14.0. The van der Waals surface area contributed by atoms with Gasteiger partial charge in [-0.05, 0) is 66.4 Å². The summed E-state index contributed by atoms with van der Waals surface area (Å²) in [5.74, 6) is -1.64. The second-order valence-corrected chi connectivity index (χ2v) is 12.3. The number of hydrogen-bond acceptors (Lipinski definition) is 6. The van der Waals surface area contributed by atoms with Gasteiger partial charge in [0.15, 0.2) is 0 Å². The molecular formula is C29H25F6NO7S. The zero-order valence-electron chi connectivity index (χ0n) is 22.7. The van der Waals surface area contributed by atoms with Crippen LogP contribution in [0, 0.1) is 5.41 Å². The van der Waals surface area contributed by atoms with E-state index in [4.69, 9.17) is 9.47 Å². The number of halogens is 6. The van der Waals surface area contributed by atoms with Gasteiger partial charge in [0.05, 0.1) is 28.1 Å². The van der Waals surface area contributed by atoms with Crippen LogP contribution in [0.3, 0.4) is 0 Å². The summed E-state index contributed by atoms with van der Waals surface area (Å²) in [6.45, 7) is -0.104. The molecule has 1 unspecified atom stereocenters. The van der Waals surface area contributed by atoms with Crippen molar-refractivity contribution < 1.29 is 58.9 Å².